The normalized spacial score (nSPS) is 11.8. The van der Waals surface area contributed by atoms with E-state index >= 15 is 0 Å². The van der Waals surface area contributed by atoms with Crippen LogP contribution in [0.5, 0.6) is 0 Å². The molecule has 0 aliphatic rings. The van der Waals surface area contributed by atoms with Crippen molar-refractivity contribution in [3.63, 3.8) is 0 Å². The van der Waals surface area contributed by atoms with Gasteiger partial charge in [0.05, 0.1) is 18.7 Å². The number of rotatable bonds is 11. The van der Waals surface area contributed by atoms with Gasteiger partial charge in [-0.15, -0.1) is 0 Å². The number of hydrogen-bond acceptors (Lipinski definition) is 7. The van der Waals surface area contributed by atoms with Crippen LogP contribution in [0.3, 0.4) is 0 Å². The number of aromatic nitrogens is 2. The molecule has 40 heavy (non-hydrogen) atoms. The smallest absolute Gasteiger partial charge is 0.416 e. The zero-order valence-electron chi connectivity index (χ0n) is 22.1. The van der Waals surface area contributed by atoms with Crippen LogP contribution >= 0.6 is 0 Å². The summed E-state index contributed by atoms with van der Waals surface area (Å²) in [6.45, 7) is -0.749. The van der Waals surface area contributed by atoms with Crippen LogP contribution in [0.1, 0.15) is 18.5 Å². The van der Waals surface area contributed by atoms with Gasteiger partial charge in [0.25, 0.3) is 5.56 Å². The molecule has 0 aliphatic heterocycles. The molecule has 13 heteroatoms. The summed E-state index contributed by atoms with van der Waals surface area (Å²) < 4.78 is 7.15. The molecule has 1 aromatic carbocycles. The second kappa shape index (κ2) is 13.8. The van der Waals surface area contributed by atoms with E-state index in [1.54, 1.807) is 50.5 Å². The number of benzene rings is 1. The Morgan fingerprint density at radius 1 is 1.12 bits per heavy atom. The lowest BCUT2D eigenvalue weighted by molar-refractivity contribution is -0.123. The highest BCUT2D eigenvalue weighted by molar-refractivity contribution is 5.96. The summed E-state index contributed by atoms with van der Waals surface area (Å²) >= 11 is 0. The highest BCUT2D eigenvalue weighted by atomic mass is 16.6. The number of hydrogen-bond donors (Lipinski definition) is 4. The molecule has 212 valence electrons. The van der Waals surface area contributed by atoms with Gasteiger partial charge in [-0.05, 0) is 43.2 Å². The molecule has 0 bridgehead atoms. The molecule has 13 nitrogen and oxygen atoms in total. The Kier molecular flexibility index (Phi) is 10.2. The van der Waals surface area contributed by atoms with Crippen molar-refractivity contribution in [2.75, 3.05) is 32.6 Å². The molecule has 2 heterocycles. The molecular weight excluding hydrogens is 522 g/mol. The van der Waals surface area contributed by atoms with E-state index in [2.05, 4.69) is 10.6 Å². The number of carbonyl (C=O) groups excluding carboxylic acids is 3. The summed E-state index contributed by atoms with van der Waals surface area (Å²) in [5.74, 6) is -0.953. The van der Waals surface area contributed by atoms with E-state index in [1.165, 1.54) is 33.9 Å². The van der Waals surface area contributed by atoms with Crippen LogP contribution in [0.4, 0.5) is 15.3 Å². The number of anilines is 1. The standard InChI is InChI=1S/C27H31N5O8/c1-30(2)23(34)12-6-4-9-20(29-26(37)40-15-14-33)24(35)28-21-10-7-13-31(25(21)36)17-19-16-18-8-3-5-11-22(18)32(19)27(38)39/h3,5-8,10-13,16,20,33H,4,9,14-15,17H2,1-2H3,(H,28,35)(H,29,37)(H,38,39). The van der Waals surface area contributed by atoms with Gasteiger partial charge in [-0.2, -0.15) is 0 Å². The lowest BCUT2D eigenvalue weighted by Gasteiger charge is -2.18. The van der Waals surface area contributed by atoms with Gasteiger partial charge in [0, 0.05) is 31.4 Å². The first kappa shape index (κ1) is 29.6. The Morgan fingerprint density at radius 3 is 2.58 bits per heavy atom. The zero-order valence-corrected chi connectivity index (χ0v) is 22.1. The predicted octanol–water partition coefficient (Wildman–Crippen LogP) is 1.83. The molecule has 0 saturated heterocycles. The number of aliphatic hydroxyl groups excluding tert-OH is 1. The van der Waals surface area contributed by atoms with Crippen LogP contribution < -0.4 is 16.2 Å². The summed E-state index contributed by atoms with van der Waals surface area (Å²) in [7, 11) is 3.19. The number of nitrogens with zero attached hydrogens (tertiary/aromatic N) is 3. The monoisotopic (exact) mass is 553 g/mol. The number of fused-ring (bicyclic) bond motifs is 1. The number of nitrogens with one attached hydrogen (secondary N) is 2. The van der Waals surface area contributed by atoms with Crippen molar-refractivity contribution in [1.29, 1.82) is 0 Å². The Balaban J connectivity index is 1.80. The van der Waals surface area contributed by atoms with Crippen molar-refractivity contribution >= 4 is 40.6 Å². The zero-order chi connectivity index (χ0) is 29.2. The number of carboxylic acid groups (broad SMARTS) is 1. The number of likely N-dealkylation sites (N-methyl/N-ethyl adjacent to an activating group) is 1. The highest BCUT2D eigenvalue weighted by Gasteiger charge is 2.22. The van der Waals surface area contributed by atoms with Gasteiger partial charge >= 0.3 is 12.2 Å². The van der Waals surface area contributed by atoms with Crippen molar-refractivity contribution in [1.82, 2.24) is 19.4 Å². The van der Waals surface area contributed by atoms with Gasteiger partial charge in [-0.3, -0.25) is 14.4 Å². The molecule has 3 rings (SSSR count). The number of pyridine rings is 1. The maximum atomic E-state index is 13.2. The van der Waals surface area contributed by atoms with E-state index in [4.69, 9.17) is 9.84 Å². The summed E-state index contributed by atoms with van der Waals surface area (Å²) in [4.78, 5) is 63.4. The molecular formula is C27H31N5O8. The van der Waals surface area contributed by atoms with Crippen molar-refractivity contribution in [3.05, 3.63) is 76.9 Å². The number of alkyl carbamates (subject to hydrolysis) is 1. The third-order valence-electron chi connectivity index (χ3n) is 5.84. The third-order valence-corrected chi connectivity index (χ3v) is 5.84. The average Bonchev–Trinajstić information content (AvgIpc) is 3.29. The van der Waals surface area contributed by atoms with E-state index in [9.17, 15) is 29.1 Å². The molecule has 1 atom stereocenters. The first-order valence-corrected chi connectivity index (χ1v) is 12.4. The first-order valence-electron chi connectivity index (χ1n) is 12.4. The van der Waals surface area contributed by atoms with E-state index in [0.717, 1.165) is 4.57 Å². The lowest BCUT2D eigenvalue weighted by atomic mass is 10.1. The highest BCUT2D eigenvalue weighted by Crippen LogP contribution is 2.20. The molecule has 0 radical (unpaired) electrons. The fraction of sp³-hybridized carbons (Fsp3) is 0.296. The van der Waals surface area contributed by atoms with Gasteiger partial charge < -0.3 is 35.1 Å². The van der Waals surface area contributed by atoms with Gasteiger partial charge in [-0.25, -0.2) is 14.2 Å². The quantitative estimate of drug-likeness (QED) is 0.260. The molecule has 0 saturated carbocycles. The maximum absolute atomic E-state index is 13.2. The summed E-state index contributed by atoms with van der Waals surface area (Å²) in [5, 5.41) is 24.2. The van der Waals surface area contributed by atoms with Crippen molar-refractivity contribution in [3.8, 4) is 0 Å². The number of para-hydroxylation sites is 1. The van der Waals surface area contributed by atoms with E-state index in [1.807, 2.05) is 0 Å². The number of aliphatic hydroxyl groups is 1. The molecule has 3 amide bonds. The number of allylic oxidation sites excluding steroid dienone is 1. The average molecular weight is 554 g/mol. The topological polar surface area (TPSA) is 172 Å². The van der Waals surface area contributed by atoms with Crippen molar-refractivity contribution in [2.45, 2.75) is 25.4 Å². The van der Waals surface area contributed by atoms with Gasteiger partial charge in [-0.1, -0.05) is 24.3 Å². The van der Waals surface area contributed by atoms with Crippen LogP contribution in [-0.4, -0.2) is 81.6 Å². The van der Waals surface area contributed by atoms with E-state index in [0.29, 0.717) is 16.6 Å². The van der Waals surface area contributed by atoms with Crippen molar-refractivity contribution in [2.24, 2.45) is 0 Å². The van der Waals surface area contributed by atoms with Crippen LogP contribution in [0.15, 0.2) is 65.6 Å². The summed E-state index contributed by atoms with van der Waals surface area (Å²) in [6, 6.07) is 10.4. The minimum absolute atomic E-state index is 0.0800. The minimum atomic E-state index is -1.20. The number of ether oxygens (including phenoxy) is 1. The second-order valence-electron chi connectivity index (χ2n) is 8.93. The fourth-order valence-electron chi connectivity index (χ4n) is 3.89. The van der Waals surface area contributed by atoms with Gasteiger partial charge in [0.2, 0.25) is 11.8 Å². The predicted molar refractivity (Wildman–Crippen MR) is 146 cm³/mol. The lowest BCUT2D eigenvalue weighted by Crippen LogP contribution is -2.45. The van der Waals surface area contributed by atoms with Crippen LogP contribution in [-0.2, 0) is 20.9 Å². The van der Waals surface area contributed by atoms with Gasteiger partial charge in [0.15, 0.2) is 0 Å². The van der Waals surface area contributed by atoms with E-state index < -0.39 is 36.3 Å². The largest absolute Gasteiger partial charge is 0.464 e. The second-order valence-corrected chi connectivity index (χ2v) is 8.93. The number of carbonyl (C=O) groups is 4. The van der Waals surface area contributed by atoms with Crippen LogP contribution in [0.25, 0.3) is 10.9 Å². The molecule has 0 fully saturated rings. The SMILES string of the molecule is CN(C)C(=O)C=CCCC(NC(=O)OCCO)C(=O)Nc1cccn(Cc2cc3ccccc3n2C(=O)O)c1=O. The Hall–Kier alpha value is -4.91. The van der Waals surface area contributed by atoms with Crippen LogP contribution in [0.2, 0.25) is 0 Å². The Morgan fingerprint density at radius 2 is 1.88 bits per heavy atom. The third kappa shape index (κ3) is 7.57. The molecule has 3 aromatic rings. The Bertz CT molecular complexity index is 1470. The van der Waals surface area contributed by atoms with Gasteiger partial charge in [0.1, 0.15) is 18.3 Å². The van der Waals surface area contributed by atoms with Crippen LogP contribution in [0, 0.1) is 0 Å². The van der Waals surface area contributed by atoms with Crippen molar-refractivity contribution < 1.29 is 34.1 Å². The minimum Gasteiger partial charge on any atom is -0.464 e. The molecule has 1 unspecified atom stereocenters. The molecule has 0 aliphatic carbocycles. The fourth-order valence-corrected chi connectivity index (χ4v) is 3.89. The molecule has 2 aromatic heterocycles. The molecule has 0 spiro atoms. The first-order chi connectivity index (χ1) is 19.1. The summed E-state index contributed by atoms with van der Waals surface area (Å²) in [5.41, 5.74) is 0.158. The Labute approximate surface area is 229 Å². The van der Waals surface area contributed by atoms with E-state index in [-0.39, 0.29) is 37.6 Å². The molecule has 4 N–H and O–H groups in total. The maximum Gasteiger partial charge on any atom is 0.416 e. The summed E-state index contributed by atoms with van der Waals surface area (Å²) in [6.07, 6.45) is 2.56. The number of amides is 3.